The normalized spacial score (nSPS) is 12.0. The minimum absolute atomic E-state index is 0.187. The van der Waals surface area contributed by atoms with Gasteiger partial charge in [-0.2, -0.15) is 0 Å². The number of aryl methyl sites for hydroxylation is 2. The molecule has 19 heavy (non-hydrogen) atoms. The van der Waals surface area contributed by atoms with E-state index in [1.54, 1.807) is 13.0 Å². The van der Waals surface area contributed by atoms with Gasteiger partial charge in [0.15, 0.2) is 9.84 Å². The smallest absolute Gasteiger partial charge is 0.252 e. The van der Waals surface area contributed by atoms with Gasteiger partial charge in [-0.1, -0.05) is 18.2 Å². The third kappa shape index (κ3) is 4.18. The van der Waals surface area contributed by atoms with Gasteiger partial charge in [0, 0.05) is 11.8 Å². The van der Waals surface area contributed by atoms with Crippen LogP contribution in [0.25, 0.3) is 0 Å². The van der Waals surface area contributed by atoms with E-state index in [9.17, 15) is 13.2 Å². The molecule has 0 aromatic heterocycles. The fourth-order valence-electron chi connectivity index (χ4n) is 1.91. The highest BCUT2D eigenvalue weighted by molar-refractivity contribution is 7.90. The van der Waals surface area contributed by atoms with Crippen molar-refractivity contribution in [2.45, 2.75) is 31.6 Å². The van der Waals surface area contributed by atoms with Crippen LogP contribution in [-0.4, -0.2) is 19.9 Å². The van der Waals surface area contributed by atoms with Gasteiger partial charge in [-0.05, 0) is 55.5 Å². The lowest BCUT2D eigenvalue weighted by Gasteiger charge is -2.11. The first-order valence-electron chi connectivity index (χ1n) is 5.92. The number of allylic oxidation sites excluding steroid dienone is 2. The second-order valence-corrected chi connectivity index (χ2v) is 6.76. The van der Waals surface area contributed by atoms with E-state index in [-0.39, 0.29) is 10.5 Å². The van der Waals surface area contributed by atoms with Crippen molar-refractivity contribution in [3.8, 4) is 0 Å². The molecule has 0 aliphatic heterocycles. The summed E-state index contributed by atoms with van der Waals surface area (Å²) in [5, 5.41) is -0.637. The largest absolute Gasteiger partial charge is 0.276 e. The molecule has 1 rings (SSSR count). The predicted octanol–water partition coefficient (Wildman–Crippen LogP) is 3.29. The maximum Gasteiger partial charge on any atom is 0.252 e. The SMILES string of the molecule is C/C=C/CCc1cc(C)c(C(=O)Cl)cc1S(C)(=O)=O. The summed E-state index contributed by atoms with van der Waals surface area (Å²) >= 11 is 5.46. The van der Waals surface area contributed by atoms with Gasteiger partial charge in [0.25, 0.3) is 5.24 Å². The first-order valence-corrected chi connectivity index (χ1v) is 8.19. The summed E-state index contributed by atoms with van der Waals surface area (Å²) in [5.74, 6) is 0. The molecule has 0 spiro atoms. The van der Waals surface area contributed by atoms with Crippen molar-refractivity contribution in [2.24, 2.45) is 0 Å². The molecule has 0 saturated carbocycles. The first-order chi connectivity index (χ1) is 8.77. The van der Waals surface area contributed by atoms with Crippen LogP contribution in [0.15, 0.2) is 29.2 Å². The summed E-state index contributed by atoms with van der Waals surface area (Å²) in [6, 6.07) is 3.11. The standard InChI is InChI=1S/C14H17ClO3S/c1-4-5-6-7-11-8-10(2)12(14(15)16)9-13(11)19(3,17)18/h4-5,8-9H,6-7H2,1-3H3/b5-4+. The zero-order valence-electron chi connectivity index (χ0n) is 11.2. The van der Waals surface area contributed by atoms with Crippen LogP contribution in [0.3, 0.4) is 0 Å². The number of hydrogen-bond donors (Lipinski definition) is 0. The lowest BCUT2D eigenvalue weighted by molar-refractivity contribution is 0.108. The van der Waals surface area contributed by atoms with Gasteiger partial charge in [0.05, 0.1) is 4.90 Å². The number of benzene rings is 1. The monoisotopic (exact) mass is 300 g/mol. The Hall–Kier alpha value is -1.13. The summed E-state index contributed by atoms with van der Waals surface area (Å²) in [6.45, 7) is 3.67. The second kappa shape index (κ2) is 6.35. The van der Waals surface area contributed by atoms with Crippen LogP contribution in [0.4, 0.5) is 0 Å². The van der Waals surface area contributed by atoms with Crippen molar-refractivity contribution < 1.29 is 13.2 Å². The number of halogens is 1. The van der Waals surface area contributed by atoms with E-state index in [1.807, 2.05) is 19.1 Å². The zero-order valence-corrected chi connectivity index (χ0v) is 12.8. The Bertz CT molecular complexity index is 616. The molecule has 0 atom stereocenters. The maximum absolute atomic E-state index is 11.8. The van der Waals surface area contributed by atoms with Crippen LogP contribution in [-0.2, 0) is 16.3 Å². The van der Waals surface area contributed by atoms with Crippen LogP contribution in [0.2, 0.25) is 0 Å². The molecular weight excluding hydrogens is 284 g/mol. The Labute approximate surface area is 119 Å². The highest BCUT2D eigenvalue weighted by Crippen LogP contribution is 2.23. The molecule has 104 valence electrons. The fraction of sp³-hybridized carbons (Fsp3) is 0.357. The Kier molecular flexibility index (Phi) is 5.32. The van der Waals surface area contributed by atoms with E-state index in [2.05, 4.69) is 0 Å². The van der Waals surface area contributed by atoms with Crippen LogP contribution >= 0.6 is 11.6 Å². The van der Waals surface area contributed by atoms with Crippen LogP contribution in [0, 0.1) is 6.92 Å². The average Bonchev–Trinajstić information content (AvgIpc) is 2.27. The van der Waals surface area contributed by atoms with Gasteiger partial charge < -0.3 is 0 Å². The first kappa shape index (κ1) is 15.9. The highest BCUT2D eigenvalue weighted by Gasteiger charge is 2.17. The van der Waals surface area contributed by atoms with E-state index in [0.717, 1.165) is 18.2 Å². The summed E-state index contributed by atoms with van der Waals surface area (Å²) in [6.07, 6.45) is 6.40. The number of hydrogen-bond acceptors (Lipinski definition) is 3. The Morgan fingerprint density at radius 2 is 2.00 bits per heavy atom. The van der Waals surface area contributed by atoms with E-state index in [4.69, 9.17) is 11.6 Å². The molecule has 0 amide bonds. The minimum Gasteiger partial charge on any atom is -0.276 e. The molecule has 1 aromatic carbocycles. The Morgan fingerprint density at radius 1 is 1.37 bits per heavy atom. The molecule has 1 aromatic rings. The van der Waals surface area contributed by atoms with Crippen molar-refractivity contribution in [3.63, 3.8) is 0 Å². The zero-order chi connectivity index (χ0) is 14.6. The van der Waals surface area contributed by atoms with Gasteiger partial charge in [0.2, 0.25) is 0 Å². The molecule has 0 aliphatic carbocycles. The third-order valence-electron chi connectivity index (χ3n) is 2.83. The summed E-state index contributed by atoms with van der Waals surface area (Å²) in [4.78, 5) is 11.5. The maximum atomic E-state index is 11.8. The van der Waals surface area contributed by atoms with Gasteiger partial charge in [-0.25, -0.2) is 8.42 Å². The molecular formula is C14H17ClO3S. The molecule has 0 N–H and O–H groups in total. The number of sulfone groups is 1. The summed E-state index contributed by atoms with van der Waals surface area (Å²) in [5.41, 5.74) is 1.67. The van der Waals surface area contributed by atoms with Crippen LogP contribution < -0.4 is 0 Å². The summed E-state index contributed by atoms with van der Waals surface area (Å²) < 4.78 is 23.6. The van der Waals surface area contributed by atoms with E-state index in [0.29, 0.717) is 12.0 Å². The molecule has 0 heterocycles. The van der Waals surface area contributed by atoms with Crippen molar-refractivity contribution in [3.05, 3.63) is 41.0 Å². The molecule has 0 unspecified atom stereocenters. The van der Waals surface area contributed by atoms with Crippen molar-refractivity contribution >= 4 is 26.7 Å². The Morgan fingerprint density at radius 3 is 2.47 bits per heavy atom. The van der Waals surface area contributed by atoms with E-state index < -0.39 is 15.1 Å². The van der Waals surface area contributed by atoms with Crippen molar-refractivity contribution in [1.82, 2.24) is 0 Å². The summed E-state index contributed by atoms with van der Waals surface area (Å²) in [7, 11) is -3.38. The number of carbonyl (C=O) groups excluding carboxylic acids is 1. The lowest BCUT2D eigenvalue weighted by Crippen LogP contribution is -2.06. The van der Waals surface area contributed by atoms with E-state index in [1.165, 1.54) is 6.07 Å². The molecule has 0 radical (unpaired) electrons. The topological polar surface area (TPSA) is 51.2 Å². The second-order valence-electron chi connectivity index (χ2n) is 4.43. The molecule has 3 nitrogen and oxygen atoms in total. The molecule has 0 saturated heterocycles. The molecule has 5 heteroatoms. The Balaban J connectivity index is 3.37. The molecule has 0 fully saturated rings. The van der Waals surface area contributed by atoms with Crippen LogP contribution in [0.5, 0.6) is 0 Å². The lowest BCUT2D eigenvalue weighted by atomic mass is 10.0. The average molecular weight is 301 g/mol. The number of carbonyl (C=O) groups is 1. The van der Waals surface area contributed by atoms with Gasteiger partial charge in [-0.15, -0.1) is 0 Å². The predicted molar refractivity (Wildman–Crippen MR) is 77.6 cm³/mol. The van der Waals surface area contributed by atoms with Crippen LogP contribution in [0.1, 0.15) is 34.8 Å². The quantitative estimate of drug-likeness (QED) is 0.619. The van der Waals surface area contributed by atoms with Gasteiger partial charge in [-0.3, -0.25) is 4.79 Å². The molecule has 0 bridgehead atoms. The minimum atomic E-state index is -3.38. The molecule has 0 aliphatic rings. The van der Waals surface area contributed by atoms with Crippen molar-refractivity contribution in [1.29, 1.82) is 0 Å². The van der Waals surface area contributed by atoms with Gasteiger partial charge >= 0.3 is 0 Å². The van der Waals surface area contributed by atoms with E-state index >= 15 is 0 Å². The third-order valence-corrected chi connectivity index (χ3v) is 4.22. The fourth-order valence-corrected chi connectivity index (χ4v) is 3.08. The highest BCUT2D eigenvalue weighted by atomic mass is 35.5. The van der Waals surface area contributed by atoms with Gasteiger partial charge in [0.1, 0.15) is 0 Å². The number of rotatable bonds is 5. The van der Waals surface area contributed by atoms with Crippen molar-refractivity contribution in [2.75, 3.05) is 6.26 Å².